The van der Waals surface area contributed by atoms with Gasteiger partial charge >= 0.3 is 0 Å². The summed E-state index contributed by atoms with van der Waals surface area (Å²) in [6.07, 6.45) is 2.70. The Hall–Kier alpha value is -1.76. The van der Waals surface area contributed by atoms with Crippen LogP contribution in [0.2, 0.25) is 0 Å². The third-order valence-electron chi connectivity index (χ3n) is 4.31. The summed E-state index contributed by atoms with van der Waals surface area (Å²) in [7, 11) is 0. The number of nitrogens with one attached hydrogen (secondary N) is 1. The van der Waals surface area contributed by atoms with Gasteiger partial charge < -0.3 is 11.1 Å². The molecule has 1 amide bonds. The summed E-state index contributed by atoms with van der Waals surface area (Å²) in [5.74, 6) is -0.0592. The molecule has 128 valence electrons. The number of carbonyl (C=O) groups is 1. The van der Waals surface area contributed by atoms with E-state index in [-0.39, 0.29) is 11.9 Å². The van der Waals surface area contributed by atoms with Crippen LogP contribution in [0.3, 0.4) is 0 Å². The van der Waals surface area contributed by atoms with E-state index in [9.17, 15) is 4.79 Å². The third-order valence-corrected chi connectivity index (χ3v) is 5.22. The van der Waals surface area contributed by atoms with E-state index < -0.39 is 0 Å². The van der Waals surface area contributed by atoms with Gasteiger partial charge in [-0.3, -0.25) is 9.69 Å². The van der Waals surface area contributed by atoms with Crippen LogP contribution in [-0.4, -0.2) is 41.5 Å². The van der Waals surface area contributed by atoms with Gasteiger partial charge in [0.15, 0.2) is 0 Å². The van der Waals surface area contributed by atoms with E-state index in [4.69, 9.17) is 5.73 Å². The Morgan fingerprint density at radius 1 is 1.29 bits per heavy atom. The first-order valence-corrected chi connectivity index (χ1v) is 9.34. The number of nitrogens with zero attached hydrogens (tertiary/aromatic N) is 2. The van der Waals surface area contributed by atoms with Gasteiger partial charge in [0.2, 0.25) is 0 Å². The molecule has 3 N–H and O–H groups in total. The minimum atomic E-state index is -0.0592. The topological polar surface area (TPSA) is 71.2 Å². The molecule has 1 aliphatic rings. The molecule has 0 bridgehead atoms. The van der Waals surface area contributed by atoms with Crippen LogP contribution in [0, 0.1) is 0 Å². The number of piperidine rings is 1. The summed E-state index contributed by atoms with van der Waals surface area (Å²) < 4.78 is 0. The van der Waals surface area contributed by atoms with E-state index in [2.05, 4.69) is 39.5 Å². The first-order chi connectivity index (χ1) is 11.7. The standard InChI is InChI=1S/C18H24N4OS/c19-9-6-17-21-16(13-24-17)18(23)20-15-7-10-22(11-8-15)12-14-4-2-1-3-5-14/h1-5,13,15H,6-12,19H2,(H,20,23). The van der Waals surface area contributed by atoms with Crippen molar-refractivity contribution in [2.45, 2.75) is 31.8 Å². The van der Waals surface area contributed by atoms with Crippen LogP contribution in [0.1, 0.15) is 33.9 Å². The Kier molecular flexibility index (Phi) is 5.96. The molecule has 3 rings (SSSR count). The third kappa shape index (κ3) is 4.63. The molecule has 6 heteroatoms. The largest absolute Gasteiger partial charge is 0.348 e. The minimum Gasteiger partial charge on any atom is -0.348 e. The highest BCUT2D eigenvalue weighted by Gasteiger charge is 2.22. The zero-order valence-corrected chi connectivity index (χ0v) is 14.6. The van der Waals surface area contributed by atoms with E-state index in [1.165, 1.54) is 16.9 Å². The summed E-state index contributed by atoms with van der Waals surface area (Å²) >= 11 is 1.51. The zero-order valence-electron chi connectivity index (χ0n) is 13.8. The second-order valence-electron chi connectivity index (χ2n) is 6.17. The maximum Gasteiger partial charge on any atom is 0.270 e. The monoisotopic (exact) mass is 344 g/mol. The van der Waals surface area contributed by atoms with E-state index in [0.29, 0.717) is 12.2 Å². The molecule has 0 spiro atoms. The van der Waals surface area contributed by atoms with Crippen LogP contribution in [0.5, 0.6) is 0 Å². The Bertz CT molecular complexity index is 650. The van der Waals surface area contributed by atoms with Gasteiger partial charge in [0.25, 0.3) is 5.91 Å². The first kappa shape index (κ1) is 17.1. The number of likely N-dealkylation sites (tertiary alicyclic amines) is 1. The van der Waals surface area contributed by atoms with Gasteiger partial charge in [-0.15, -0.1) is 11.3 Å². The molecular weight excluding hydrogens is 320 g/mol. The zero-order chi connectivity index (χ0) is 16.8. The van der Waals surface area contributed by atoms with Gasteiger partial charge in [-0.1, -0.05) is 30.3 Å². The molecule has 0 radical (unpaired) electrons. The highest BCUT2D eigenvalue weighted by Crippen LogP contribution is 2.15. The summed E-state index contributed by atoms with van der Waals surface area (Å²) in [6, 6.07) is 10.8. The number of rotatable bonds is 6. The van der Waals surface area contributed by atoms with Crippen molar-refractivity contribution in [2.24, 2.45) is 5.73 Å². The number of hydrogen-bond acceptors (Lipinski definition) is 5. The van der Waals surface area contributed by atoms with Gasteiger partial charge in [0.1, 0.15) is 5.69 Å². The first-order valence-electron chi connectivity index (χ1n) is 8.46. The van der Waals surface area contributed by atoms with Crippen molar-refractivity contribution in [1.82, 2.24) is 15.2 Å². The maximum absolute atomic E-state index is 12.3. The van der Waals surface area contributed by atoms with Gasteiger partial charge in [-0.2, -0.15) is 0 Å². The van der Waals surface area contributed by atoms with Crippen LogP contribution in [0.4, 0.5) is 0 Å². The summed E-state index contributed by atoms with van der Waals surface area (Å²) in [5, 5.41) is 5.88. The highest BCUT2D eigenvalue weighted by molar-refractivity contribution is 7.09. The predicted octanol–water partition coefficient (Wildman–Crippen LogP) is 2.04. The molecule has 5 nitrogen and oxygen atoms in total. The molecule has 24 heavy (non-hydrogen) atoms. The van der Waals surface area contributed by atoms with Crippen molar-refractivity contribution in [3.05, 3.63) is 52.0 Å². The number of hydrogen-bond donors (Lipinski definition) is 2. The highest BCUT2D eigenvalue weighted by atomic mass is 32.1. The minimum absolute atomic E-state index is 0.0592. The van der Waals surface area contributed by atoms with Crippen LogP contribution in [0.25, 0.3) is 0 Å². The second-order valence-corrected chi connectivity index (χ2v) is 7.12. The predicted molar refractivity (Wildman–Crippen MR) is 97.1 cm³/mol. The van der Waals surface area contributed by atoms with Crippen molar-refractivity contribution in [2.75, 3.05) is 19.6 Å². The molecule has 0 unspecified atom stereocenters. The second kappa shape index (κ2) is 8.37. The molecule has 2 heterocycles. The van der Waals surface area contributed by atoms with Crippen molar-refractivity contribution in [3.63, 3.8) is 0 Å². The lowest BCUT2D eigenvalue weighted by atomic mass is 10.0. The van der Waals surface area contributed by atoms with Crippen molar-refractivity contribution in [1.29, 1.82) is 0 Å². The molecule has 0 aliphatic carbocycles. The Labute approximate surface area is 146 Å². The smallest absolute Gasteiger partial charge is 0.270 e. The fourth-order valence-electron chi connectivity index (χ4n) is 2.99. The molecule has 1 aliphatic heterocycles. The van der Waals surface area contributed by atoms with Crippen molar-refractivity contribution in [3.8, 4) is 0 Å². The Morgan fingerprint density at radius 2 is 2.04 bits per heavy atom. The molecular formula is C18H24N4OS. The number of nitrogens with two attached hydrogens (primary N) is 1. The summed E-state index contributed by atoms with van der Waals surface area (Å²) in [6.45, 7) is 3.56. The number of amides is 1. The summed E-state index contributed by atoms with van der Waals surface area (Å²) in [5.41, 5.74) is 7.39. The average molecular weight is 344 g/mol. The summed E-state index contributed by atoms with van der Waals surface area (Å²) in [4.78, 5) is 19.1. The van der Waals surface area contributed by atoms with E-state index >= 15 is 0 Å². The number of carbonyl (C=O) groups excluding carboxylic acids is 1. The number of thiazole rings is 1. The fraction of sp³-hybridized carbons (Fsp3) is 0.444. The van der Waals surface area contributed by atoms with Gasteiger partial charge in [-0.05, 0) is 24.9 Å². The van der Waals surface area contributed by atoms with Gasteiger partial charge in [0, 0.05) is 37.5 Å². The number of aromatic nitrogens is 1. The van der Waals surface area contributed by atoms with Gasteiger partial charge in [-0.25, -0.2) is 4.98 Å². The molecule has 0 saturated carbocycles. The lowest BCUT2D eigenvalue weighted by Crippen LogP contribution is -2.44. The molecule has 1 aromatic heterocycles. The Morgan fingerprint density at radius 3 is 2.75 bits per heavy atom. The molecule has 1 fully saturated rings. The van der Waals surface area contributed by atoms with Crippen LogP contribution in [0.15, 0.2) is 35.7 Å². The van der Waals surface area contributed by atoms with Crippen molar-refractivity contribution < 1.29 is 4.79 Å². The number of benzene rings is 1. The fourth-order valence-corrected chi connectivity index (χ4v) is 3.78. The maximum atomic E-state index is 12.3. The van der Waals surface area contributed by atoms with Gasteiger partial charge in [0.05, 0.1) is 5.01 Å². The van der Waals surface area contributed by atoms with E-state index in [1.54, 1.807) is 0 Å². The molecule has 1 aromatic carbocycles. The van der Waals surface area contributed by atoms with Crippen LogP contribution < -0.4 is 11.1 Å². The van der Waals surface area contributed by atoms with E-state index in [1.807, 2.05) is 11.4 Å². The van der Waals surface area contributed by atoms with Crippen molar-refractivity contribution >= 4 is 17.2 Å². The molecule has 2 aromatic rings. The lowest BCUT2D eigenvalue weighted by molar-refractivity contribution is 0.0904. The Balaban J connectivity index is 1.45. The normalized spacial score (nSPS) is 16.2. The lowest BCUT2D eigenvalue weighted by Gasteiger charge is -2.32. The molecule has 0 atom stereocenters. The van der Waals surface area contributed by atoms with Crippen LogP contribution >= 0.6 is 11.3 Å². The van der Waals surface area contributed by atoms with E-state index in [0.717, 1.165) is 43.9 Å². The molecule has 1 saturated heterocycles. The SMILES string of the molecule is NCCc1nc(C(=O)NC2CCN(Cc3ccccc3)CC2)cs1. The average Bonchev–Trinajstić information content (AvgIpc) is 3.07. The van der Waals surface area contributed by atoms with Crippen LogP contribution in [-0.2, 0) is 13.0 Å². The quantitative estimate of drug-likeness (QED) is 0.841.